The van der Waals surface area contributed by atoms with Crippen LogP contribution in [0.5, 0.6) is 0 Å². The minimum Gasteiger partial charge on any atom is -0.298 e. The first-order chi connectivity index (χ1) is 13.9. The maximum Gasteiger partial charge on any atom is 0.287 e. The lowest BCUT2D eigenvalue weighted by molar-refractivity contribution is 0.0969. The molecule has 0 aromatic carbocycles. The molecule has 1 aromatic heterocycles. The zero-order valence-corrected chi connectivity index (χ0v) is 17.3. The zero-order chi connectivity index (χ0) is 20.9. The van der Waals surface area contributed by atoms with Crippen molar-refractivity contribution in [1.82, 2.24) is 30.0 Å². The van der Waals surface area contributed by atoms with Gasteiger partial charge in [0.25, 0.3) is 5.92 Å². The molecule has 6 nitrogen and oxygen atoms in total. The Balaban J connectivity index is 1.77. The molecule has 0 amide bonds. The molecular formula is C21H30F2N6. The second kappa shape index (κ2) is 9.54. The highest BCUT2D eigenvalue weighted by molar-refractivity contribution is 5.50. The van der Waals surface area contributed by atoms with Crippen LogP contribution in [0.25, 0.3) is 5.70 Å². The highest BCUT2D eigenvalue weighted by atomic mass is 19.3. The van der Waals surface area contributed by atoms with E-state index in [1.807, 2.05) is 0 Å². The predicted octanol–water partition coefficient (Wildman–Crippen LogP) is 3.53. The number of rotatable bonds is 8. The second-order valence-electron chi connectivity index (χ2n) is 7.70. The van der Waals surface area contributed by atoms with Crippen molar-refractivity contribution >= 4 is 5.70 Å². The van der Waals surface area contributed by atoms with Crippen molar-refractivity contribution in [3.8, 4) is 0 Å². The number of allylic oxidation sites excluding steroid dienone is 7. The molecular weight excluding hydrogens is 374 g/mol. The molecule has 3 rings (SSSR count). The number of hydrogen-bond acceptors (Lipinski definition) is 5. The largest absolute Gasteiger partial charge is 0.298 e. The monoisotopic (exact) mass is 404 g/mol. The van der Waals surface area contributed by atoms with Gasteiger partial charge in [-0.15, -0.1) is 11.7 Å². The second-order valence-corrected chi connectivity index (χ2v) is 7.70. The van der Waals surface area contributed by atoms with Crippen LogP contribution in [0.15, 0.2) is 42.5 Å². The first-order valence-electron chi connectivity index (χ1n) is 10.2. The fraction of sp³-hybridized carbons (Fsp3) is 0.571. The molecule has 1 aromatic rings. The highest BCUT2D eigenvalue weighted by Gasteiger charge is 2.31. The van der Waals surface area contributed by atoms with Gasteiger partial charge in [0.1, 0.15) is 0 Å². The molecule has 0 saturated carbocycles. The summed E-state index contributed by atoms with van der Waals surface area (Å²) in [5.74, 6) is -2.26. The number of fused-ring (bicyclic) bond motifs is 1. The Bertz CT molecular complexity index is 795. The number of aromatic nitrogens is 4. The summed E-state index contributed by atoms with van der Waals surface area (Å²) < 4.78 is 29.7. The molecule has 2 aliphatic rings. The fourth-order valence-electron chi connectivity index (χ4n) is 3.97. The Morgan fingerprint density at radius 1 is 1.28 bits per heavy atom. The van der Waals surface area contributed by atoms with E-state index in [9.17, 15) is 8.78 Å². The average molecular weight is 405 g/mol. The summed E-state index contributed by atoms with van der Waals surface area (Å²) in [6.07, 6.45) is 10.1. The Kier molecular flexibility index (Phi) is 7.08. The standard InChI is InChI=1S/C21H30F2N6/c1-4-7-18(10-9-17(3)21(22,23)11-5-2)29-20(24-25-26-29)16-27-13-14-28-12-6-8-19(28)15-27/h4-5,9-11,19H,1,6-8,12-16H2,2-3H3. The lowest BCUT2D eigenvalue weighted by atomic mass is 10.1. The van der Waals surface area contributed by atoms with E-state index in [0.29, 0.717) is 19.0 Å². The van der Waals surface area contributed by atoms with Crippen molar-refractivity contribution in [2.45, 2.75) is 51.6 Å². The highest BCUT2D eigenvalue weighted by Crippen LogP contribution is 2.26. The fourth-order valence-corrected chi connectivity index (χ4v) is 3.97. The van der Waals surface area contributed by atoms with Crippen LogP contribution >= 0.6 is 0 Å². The molecule has 2 aliphatic heterocycles. The van der Waals surface area contributed by atoms with Crippen molar-refractivity contribution in [2.75, 3.05) is 26.2 Å². The first-order valence-corrected chi connectivity index (χ1v) is 10.2. The van der Waals surface area contributed by atoms with E-state index in [1.165, 1.54) is 38.5 Å². The van der Waals surface area contributed by atoms with E-state index in [2.05, 4.69) is 31.9 Å². The van der Waals surface area contributed by atoms with Gasteiger partial charge in [0.15, 0.2) is 5.82 Å². The summed E-state index contributed by atoms with van der Waals surface area (Å²) in [5, 5.41) is 12.1. The van der Waals surface area contributed by atoms with E-state index >= 15 is 0 Å². The molecule has 0 radical (unpaired) electrons. The quantitative estimate of drug-likeness (QED) is 0.490. The van der Waals surface area contributed by atoms with Crippen molar-refractivity contribution in [3.05, 3.63) is 48.4 Å². The van der Waals surface area contributed by atoms with Gasteiger partial charge in [-0.2, -0.15) is 13.5 Å². The van der Waals surface area contributed by atoms with Gasteiger partial charge in [0, 0.05) is 37.8 Å². The lowest BCUT2D eigenvalue weighted by Gasteiger charge is -2.37. The van der Waals surface area contributed by atoms with Crippen molar-refractivity contribution < 1.29 is 8.78 Å². The van der Waals surface area contributed by atoms with Gasteiger partial charge in [0.05, 0.1) is 6.54 Å². The Morgan fingerprint density at radius 3 is 2.86 bits per heavy atom. The van der Waals surface area contributed by atoms with Crippen LogP contribution in [-0.2, 0) is 6.54 Å². The van der Waals surface area contributed by atoms with Crippen LogP contribution in [0.3, 0.4) is 0 Å². The molecule has 2 saturated heterocycles. The number of tetrazole rings is 1. The van der Waals surface area contributed by atoms with E-state index < -0.39 is 5.92 Å². The zero-order valence-electron chi connectivity index (χ0n) is 17.3. The van der Waals surface area contributed by atoms with Crippen LogP contribution in [-0.4, -0.2) is 68.2 Å². The normalized spacial score (nSPS) is 22.4. The molecule has 0 N–H and O–H groups in total. The van der Waals surface area contributed by atoms with E-state index in [-0.39, 0.29) is 5.57 Å². The SMILES string of the molecule is C=CCC(=CC=C(C)C(F)(F)C=CC)n1nnnc1CN1CCN2CCCC2C1. The summed E-state index contributed by atoms with van der Waals surface area (Å²) in [6.45, 7) is 11.7. The minimum absolute atomic E-state index is 0.0378. The smallest absolute Gasteiger partial charge is 0.287 e. The molecule has 3 heterocycles. The Morgan fingerprint density at radius 2 is 2.10 bits per heavy atom. The van der Waals surface area contributed by atoms with Crippen LogP contribution in [0, 0.1) is 0 Å². The first kappa shape index (κ1) is 21.5. The molecule has 0 aliphatic carbocycles. The van der Waals surface area contributed by atoms with Crippen molar-refractivity contribution in [1.29, 1.82) is 0 Å². The van der Waals surface area contributed by atoms with Gasteiger partial charge < -0.3 is 0 Å². The molecule has 1 atom stereocenters. The molecule has 0 bridgehead atoms. The van der Waals surface area contributed by atoms with Crippen LogP contribution in [0.4, 0.5) is 8.78 Å². The molecule has 8 heteroatoms. The summed E-state index contributed by atoms with van der Waals surface area (Å²) in [4.78, 5) is 4.93. The number of hydrogen-bond donors (Lipinski definition) is 0. The Hall–Kier alpha value is -2.19. The van der Waals surface area contributed by atoms with Crippen molar-refractivity contribution in [3.63, 3.8) is 0 Å². The van der Waals surface area contributed by atoms with Crippen LogP contribution in [0.2, 0.25) is 0 Å². The Labute approximate surface area is 171 Å². The molecule has 158 valence electrons. The van der Waals surface area contributed by atoms with Crippen LogP contribution in [0.1, 0.15) is 38.9 Å². The summed E-state index contributed by atoms with van der Waals surface area (Å²) in [7, 11) is 0. The third-order valence-corrected chi connectivity index (χ3v) is 5.62. The predicted molar refractivity (Wildman–Crippen MR) is 110 cm³/mol. The third-order valence-electron chi connectivity index (χ3n) is 5.62. The topological polar surface area (TPSA) is 50.1 Å². The maximum absolute atomic E-state index is 14.0. The van der Waals surface area contributed by atoms with E-state index in [0.717, 1.165) is 37.2 Å². The molecule has 0 spiro atoms. The minimum atomic E-state index is -2.98. The average Bonchev–Trinajstić information content (AvgIpc) is 3.33. The van der Waals surface area contributed by atoms with Gasteiger partial charge in [-0.3, -0.25) is 9.80 Å². The summed E-state index contributed by atoms with van der Waals surface area (Å²) in [6, 6.07) is 0.621. The number of halogens is 2. The molecule has 2 fully saturated rings. The summed E-state index contributed by atoms with van der Waals surface area (Å²) in [5.41, 5.74) is 0.680. The third kappa shape index (κ3) is 5.25. The van der Waals surface area contributed by atoms with Gasteiger partial charge in [-0.25, -0.2) is 0 Å². The number of nitrogens with zero attached hydrogens (tertiary/aromatic N) is 6. The number of piperazine rings is 1. The summed E-state index contributed by atoms with van der Waals surface area (Å²) >= 11 is 0. The van der Waals surface area contributed by atoms with Gasteiger partial charge in [-0.1, -0.05) is 18.2 Å². The molecule has 1 unspecified atom stereocenters. The van der Waals surface area contributed by atoms with Gasteiger partial charge in [0.2, 0.25) is 0 Å². The van der Waals surface area contributed by atoms with Gasteiger partial charge >= 0.3 is 0 Å². The van der Waals surface area contributed by atoms with E-state index in [4.69, 9.17) is 0 Å². The van der Waals surface area contributed by atoms with Crippen LogP contribution < -0.4 is 0 Å². The van der Waals surface area contributed by atoms with Gasteiger partial charge in [-0.05, 0) is 61.4 Å². The maximum atomic E-state index is 14.0. The van der Waals surface area contributed by atoms with E-state index in [1.54, 1.807) is 23.8 Å². The van der Waals surface area contributed by atoms with Crippen molar-refractivity contribution in [2.24, 2.45) is 0 Å². The lowest BCUT2D eigenvalue weighted by Crippen LogP contribution is -2.49. The number of alkyl halides is 2. The molecule has 29 heavy (non-hydrogen) atoms.